The number of rotatable bonds is 2. The van der Waals surface area contributed by atoms with E-state index < -0.39 is 0 Å². The largest absolute Gasteiger partial charge is 0.399 e. The highest BCUT2D eigenvalue weighted by Crippen LogP contribution is 2.26. The molecule has 2 nitrogen and oxygen atoms in total. The molecule has 0 aliphatic heterocycles. The van der Waals surface area contributed by atoms with Crippen molar-refractivity contribution < 1.29 is 4.39 Å². The average Bonchev–Trinajstić information content (AvgIpc) is 2.26. The summed E-state index contributed by atoms with van der Waals surface area (Å²) in [7, 11) is 0. The van der Waals surface area contributed by atoms with Crippen LogP contribution < -0.4 is 11.1 Å². The molecule has 0 aliphatic rings. The third kappa shape index (κ3) is 2.38. The van der Waals surface area contributed by atoms with E-state index in [1.807, 2.05) is 32.0 Å². The van der Waals surface area contributed by atoms with Crippen LogP contribution in [0.25, 0.3) is 0 Å². The highest BCUT2D eigenvalue weighted by Gasteiger charge is 2.06. The highest BCUT2D eigenvalue weighted by atomic mass is 19.1. The van der Waals surface area contributed by atoms with Crippen LogP contribution in [-0.4, -0.2) is 0 Å². The third-order valence-electron chi connectivity index (χ3n) is 2.73. The van der Waals surface area contributed by atoms with Crippen molar-refractivity contribution in [1.82, 2.24) is 0 Å². The number of nitrogen functional groups attached to an aromatic ring is 1. The summed E-state index contributed by atoms with van der Waals surface area (Å²) in [5.41, 5.74) is 9.64. The van der Waals surface area contributed by atoms with Crippen LogP contribution in [0.15, 0.2) is 36.4 Å². The van der Waals surface area contributed by atoms with Crippen LogP contribution in [0, 0.1) is 19.7 Å². The van der Waals surface area contributed by atoms with E-state index in [4.69, 9.17) is 5.73 Å². The van der Waals surface area contributed by atoms with Gasteiger partial charge < -0.3 is 11.1 Å². The number of nitrogens with one attached hydrogen (secondary N) is 1. The van der Waals surface area contributed by atoms with Gasteiger partial charge in [0, 0.05) is 11.4 Å². The van der Waals surface area contributed by atoms with Gasteiger partial charge in [0.15, 0.2) is 0 Å². The van der Waals surface area contributed by atoms with Gasteiger partial charge in [0.05, 0.1) is 5.69 Å². The van der Waals surface area contributed by atoms with E-state index in [9.17, 15) is 4.39 Å². The molecule has 88 valence electrons. The molecule has 0 heterocycles. The molecule has 0 aromatic heterocycles. The topological polar surface area (TPSA) is 38.0 Å². The fraction of sp³-hybridized carbons (Fsp3) is 0.143. The molecule has 17 heavy (non-hydrogen) atoms. The summed E-state index contributed by atoms with van der Waals surface area (Å²) in [6.07, 6.45) is 0. The van der Waals surface area contributed by atoms with Gasteiger partial charge in [0.1, 0.15) is 5.82 Å². The van der Waals surface area contributed by atoms with E-state index in [-0.39, 0.29) is 5.82 Å². The Kier molecular flexibility index (Phi) is 3.00. The van der Waals surface area contributed by atoms with Gasteiger partial charge in [0.25, 0.3) is 0 Å². The Labute approximate surface area is 100 Å². The maximum atomic E-state index is 13.7. The van der Waals surface area contributed by atoms with Gasteiger partial charge in [-0.3, -0.25) is 0 Å². The zero-order valence-corrected chi connectivity index (χ0v) is 9.92. The van der Waals surface area contributed by atoms with Crippen LogP contribution in [0.5, 0.6) is 0 Å². The molecule has 0 fully saturated rings. The molecule has 0 spiro atoms. The Balaban J connectivity index is 2.38. The first-order chi connectivity index (χ1) is 8.08. The summed E-state index contributed by atoms with van der Waals surface area (Å²) in [4.78, 5) is 0. The molecule has 0 saturated heterocycles. The monoisotopic (exact) mass is 230 g/mol. The van der Waals surface area contributed by atoms with Crippen molar-refractivity contribution >= 4 is 17.1 Å². The van der Waals surface area contributed by atoms with E-state index in [2.05, 4.69) is 5.32 Å². The number of benzene rings is 2. The molecule has 0 radical (unpaired) electrons. The lowest BCUT2D eigenvalue weighted by atomic mass is 10.1. The summed E-state index contributed by atoms with van der Waals surface area (Å²) in [5, 5.41) is 3.11. The molecule has 0 bridgehead atoms. The smallest absolute Gasteiger partial charge is 0.146 e. The predicted molar refractivity (Wildman–Crippen MR) is 70.0 cm³/mol. The molecule has 3 heteroatoms. The zero-order valence-electron chi connectivity index (χ0n) is 9.92. The highest BCUT2D eigenvalue weighted by molar-refractivity contribution is 5.68. The molecule has 3 N–H and O–H groups in total. The van der Waals surface area contributed by atoms with Gasteiger partial charge in [-0.05, 0) is 49.2 Å². The summed E-state index contributed by atoms with van der Waals surface area (Å²) < 4.78 is 13.7. The second-order valence-corrected chi connectivity index (χ2v) is 4.13. The average molecular weight is 230 g/mol. The van der Waals surface area contributed by atoms with Crippen molar-refractivity contribution in [2.75, 3.05) is 11.1 Å². The molecule has 0 atom stereocenters. The molecule has 2 aromatic carbocycles. The molecule has 2 rings (SSSR count). The molecule has 0 saturated carbocycles. The molecule has 0 unspecified atom stereocenters. The lowest BCUT2D eigenvalue weighted by Gasteiger charge is -2.13. The summed E-state index contributed by atoms with van der Waals surface area (Å²) in [6.45, 7) is 3.81. The van der Waals surface area contributed by atoms with Crippen molar-refractivity contribution in [3.63, 3.8) is 0 Å². The second kappa shape index (κ2) is 4.45. The van der Waals surface area contributed by atoms with E-state index in [0.29, 0.717) is 11.4 Å². The van der Waals surface area contributed by atoms with Crippen molar-refractivity contribution in [3.8, 4) is 0 Å². The molecule has 0 aliphatic carbocycles. The van der Waals surface area contributed by atoms with Crippen LogP contribution in [0.1, 0.15) is 11.1 Å². The Hall–Kier alpha value is -2.03. The van der Waals surface area contributed by atoms with E-state index in [1.165, 1.54) is 6.07 Å². The van der Waals surface area contributed by atoms with Crippen molar-refractivity contribution in [1.29, 1.82) is 0 Å². The number of nitrogens with two attached hydrogens (primary N) is 1. The van der Waals surface area contributed by atoms with E-state index >= 15 is 0 Å². The fourth-order valence-corrected chi connectivity index (χ4v) is 1.75. The van der Waals surface area contributed by atoms with Crippen LogP contribution >= 0.6 is 0 Å². The van der Waals surface area contributed by atoms with Gasteiger partial charge in [-0.1, -0.05) is 12.1 Å². The molecular formula is C14H15FN2. The Bertz CT molecular complexity index is 530. The van der Waals surface area contributed by atoms with Gasteiger partial charge in [-0.25, -0.2) is 4.39 Å². The fourth-order valence-electron chi connectivity index (χ4n) is 1.75. The lowest BCUT2D eigenvalue weighted by molar-refractivity contribution is 0.631. The van der Waals surface area contributed by atoms with Crippen molar-refractivity contribution in [2.24, 2.45) is 0 Å². The van der Waals surface area contributed by atoms with Gasteiger partial charge in [-0.2, -0.15) is 0 Å². The zero-order chi connectivity index (χ0) is 12.4. The van der Waals surface area contributed by atoms with Gasteiger partial charge in [0.2, 0.25) is 0 Å². The Morgan fingerprint density at radius 3 is 2.47 bits per heavy atom. The molecule has 2 aromatic rings. The first-order valence-electron chi connectivity index (χ1n) is 5.46. The Morgan fingerprint density at radius 2 is 1.82 bits per heavy atom. The maximum Gasteiger partial charge on any atom is 0.146 e. The van der Waals surface area contributed by atoms with Crippen LogP contribution in [0.3, 0.4) is 0 Å². The van der Waals surface area contributed by atoms with Crippen LogP contribution in [0.4, 0.5) is 21.5 Å². The number of hydrogen-bond acceptors (Lipinski definition) is 2. The molecular weight excluding hydrogens is 215 g/mol. The number of anilines is 3. The number of aryl methyl sites for hydroxylation is 2. The van der Waals surface area contributed by atoms with Crippen molar-refractivity contribution in [3.05, 3.63) is 53.3 Å². The molecule has 0 amide bonds. The standard InChI is InChI=1S/C14H15FN2/c1-9-4-3-5-12(15)14(9)17-13-7-6-11(16)8-10(13)2/h3-8,17H,16H2,1-2H3. The SMILES string of the molecule is Cc1cc(N)ccc1Nc1c(C)cccc1F. The van der Waals surface area contributed by atoms with Crippen LogP contribution in [0.2, 0.25) is 0 Å². The Morgan fingerprint density at radius 1 is 1.06 bits per heavy atom. The minimum atomic E-state index is -0.249. The van der Waals surface area contributed by atoms with E-state index in [1.54, 1.807) is 12.1 Å². The van der Waals surface area contributed by atoms with E-state index in [0.717, 1.165) is 16.8 Å². The minimum absolute atomic E-state index is 0.249. The normalized spacial score (nSPS) is 10.3. The lowest BCUT2D eigenvalue weighted by Crippen LogP contribution is -1.99. The van der Waals surface area contributed by atoms with Crippen molar-refractivity contribution in [2.45, 2.75) is 13.8 Å². The predicted octanol–water partition coefficient (Wildman–Crippen LogP) is 3.77. The quantitative estimate of drug-likeness (QED) is 0.771. The maximum absolute atomic E-state index is 13.7. The summed E-state index contributed by atoms with van der Waals surface area (Å²) in [6, 6.07) is 10.5. The van der Waals surface area contributed by atoms with Gasteiger partial charge in [-0.15, -0.1) is 0 Å². The second-order valence-electron chi connectivity index (χ2n) is 4.13. The number of para-hydroxylation sites is 1. The summed E-state index contributed by atoms with van der Waals surface area (Å²) in [5.74, 6) is -0.249. The summed E-state index contributed by atoms with van der Waals surface area (Å²) >= 11 is 0. The minimum Gasteiger partial charge on any atom is -0.399 e. The third-order valence-corrected chi connectivity index (χ3v) is 2.73. The van der Waals surface area contributed by atoms with Gasteiger partial charge >= 0.3 is 0 Å². The first-order valence-corrected chi connectivity index (χ1v) is 5.46. The number of hydrogen-bond donors (Lipinski definition) is 2. The first kappa shape index (κ1) is 11.5. The number of halogens is 1. The van der Waals surface area contributed by atoms with Crippen LogP contribution in [-0.2, 0) is 0 Å².